The number of nitrogens with zero attached hydrogens (tertiary/aromatic N) is 3. The molecule has 0 aliphatic carbocycles. The first-order chi connectivity index (χ1) is 15.2. The number of rotatable bonds is 9. The standard InChI is InChI=1S/C23H23N5O2S/c1-2-30-19(29)11-13-25-23-27-21(26-14-17-10-6-7-12-24-17)20-18(15-31-22(20)28-23)16-8-4-3-5-9-16/h3-10,12,15H,2,11,13-14H2,1H3,(H2,25,26,27,28). The molecule has 0 aliphatic heterocycles. The summed E-state index contributed by atoms with van der Waals surface area (Å²) < 4.78 is 4.98. The lowest BCUT2D eigenvalue weighted by molar-refractivity contribution is -0.142. The van der Waals surface area contributed by atoms with Crippen molar-refractivity contribution >= 4 is 39.3 Å². The summed E-state index contributed by atoms with van der Waals surface area (Å²) in [6.07, 6.45) is 2.03. The van der Waals surface area contributed by atoms with E-state index < -0.39 is 0 Å². The van der Waals surface area contributed by atoms with Crippen molar-refractivity contribution in [1.29, 1.82) is 0 Å². The van der Waals surface area contributed by atoms with Crippen LogP contribution in [0.3, 0.4) is 0 Å². The first-order valence-corrected chi connectivity index (χ1v) is 11.0. The molecule has 0 saturated carbocycles. The van der Waals surface area contributed by atoms with E-state index in [1.807, 2.05) is 36.4 Å². The van der Waals surface area contributed by atoms with Gasteiger partial charge >= 0.3 is 5.97 Å². The Morgan fingerprint density at radius 2 is 1.90 bits per heavy atom. The molecule has 7 nitrogen and oxygen atoms in total. The van der Waals surface area contributed by atoms with Gasteiger partial charge in [0.1, 0.15) is 10.6 Å². The van der Waals surface area contributed by atoms with Crippen LogP contribution in [0.2, 0.25) is 0 Å². The highest BCUT2D eigenvalue weighted by atomic mass is 32.1. The van der Waals surface area contributed by atoms with Crippen molar-refractivity contribution in [2.75, 3.05) is 23.8 Å². The Morgan fingerprint density at radius 3 is 2.68 bits per heavy atom. The van der Waals surface area contributed by atoms with Crippen LogP contribution in [0.4, 0.5) is 11.8 Å². The molecule has 158 valence electrons. The highest BCUT2D eigenvalue weighted by Gasteiger charge is 2.16. The van der Waals surface area contributed by atoms with Crippen molar-refractivity contribution in [1.82, 2.24) is 15.0 Å². The fourth-order valence-corrected chi connectivity index (χ4v) is 4.11. The van der Waals surface area contributed by atoms with Gasteiger partial charge in [0.25, 0.3) is 0 Å². The van der Waals surface area contributed by atoms with E-state index >= 15 is 0 Å². The van der Waals surface area contributed by atoms with E-state index in [9.17, 15) is 4.79 Å². The molecule has 3 heterocycles. The number of fused-ring (bicyclic) bond motifs is 1. The summed E-state index contributed by atoms with van der Waals surface area (Å²) >= 11 is 1.57. The molecule has 2 N–H and O–H groups in total. The minimum Gasteiger partial charge on any atom is -0.466 e. The maximum atomic E-state index is 11.6. The maximum Gasteiger partial charge on any atom is 0.307 e. The Balaban J connectivity index is 1.63. The van der Waals surface area contributed by atoms with Crippen molar-refractivity contribution in [3.05, 3.63) is 65.8 Å². The monoisotopic (exact) mass is 433 g/mol. The fraction of sp³-hybridized carbons (Fsp3) is 0.217. The zero-order chi connectivity index (χ0) is 21.5. The summed E-state index contributed by atoms with van der Waals surface area (Å²) in [5.74, 6) is 0.961. The summed E-state index contributed by atoms with van der Waals surface area (Å²) in [7, 11) is 0. The fourth-order valence-electron chi connectivity index (χ4n) is 3.17. The van der Waals surface area contributed by atoms with Gasteiger partial charge in [0, 0.05) is 23.7 Å². The van der Waals surface area contributed by atoms with Gasteiger partial charge in [-0.15, -0.1) is 11.3 Å². The van der Waals surface area contributed by atoms with Gasteiger partial charge in [-0.2, -0.15) is 4.98 Å². The van der Waals surface area contributed by atoms with E-state index in [2.05, 4.69) is 38.1 Å². The van der Waals surface area contributed by atoms with Crippen LogP contribution in [0, 0.1) is 0 Å². The Hall–Kier alpha value is -3.52. The Morgan fingerprint density at radius 1 is 1.06 bits per heavy atom. The van der Waals surface area contributed by atoms with E-state index in [-0.39, 0.29) is 12.4 Å². The Bertz CT molecular complexity index is 1150. The average molecular weight is 434 g/mol. The zero-order valence-electron chi connectivity index (χ0n) is 17.2. The number of ether oxygens (including phenoxy) is 1. The molecule has 0 radical (unpaired) electrons. The quantitative estimate of drug-likeness (QED) is 0.369. The first-order valence-electron chi connectivity index (χ1n) is 10.1. The van der Waals surface area contributed by atoms with Gasteiger partial charge in [-0.25, -0.2) is 4.98 Å². The predicted molar refractivity (Wildman–Crippen MR) is 124 cm³/mol. The number of pyridine rings is 1. The van der Waals surface area contributed by atoms with Crippen molar-refractivity contribution in [2.24, 2.45) is 0 Å². The Labute approximate surface area is 184 Å². The number of hydrogen-bond acceptors (Lipinski definition) is 8. The normalized spacial score (nSPS) is 10.7. The summed E-state index contributed by atoms with van der Waals surface area (Å²) in [5, 5.41) is 9.64. The molecule has 4 aromatic rings. The van der Waals surface area contributed by atoms with Gasteiger partial charge < -0.3 is 15.4 Å². The van der Waals surface area contributed by atoms with E-state index in [1.54, 1.807) is 24.5 Å². The largest absolute Gasteiger partial charge is 0.466 e. The number of carbonyl (C=O) groups excluding carboxylic acids is 1. The van der Waals surface area contributed by atoms with E-state index in [4.69, 9.17) is 9.72 Å². The minimum atomic E-state index is -0.243. The molecule has 3 aromatic heterocycles. The molecule has 0 aliphatic rings. The smallest absolute Gasteiger partial charge is 0.307 e. The third-order valence-corrected chi connectivity index (χ3v) is 5.47. The Kier molecular flexibility index (Phi) is 6.68. The molecule has 0 unspecified atom stereocenters. The van der Waals surface area contributed by atoms with Gasteiger partial charge in [0.2, 0.25) is 5.95 Å². The molecule has 0 fully saturated rings. The van der Waals surface area contributed by atoms with Crippen molar-refractivity contribution < 1.29 is 9.53 Å². The van der Waals surface area contributed by atoms with E-state index in [0.29, 0.717) is 25.6 Å². The van der Waals surface area contributed by atoms with Crippen LogP contribution in [-0.4, -0.2) is 34.1 Å². The molecule has 0 saturated heterocycles. The molecule has 0 bridgehead atoms. The third kappa shape index (κ3) is 5.16. The minimum absolute atomic E-state index is 0.243. The molecule has 0 spiro atoms. The van der Waals surface area contributed by atoms with Crippen LogP contribution in [0.1, 0.15) is 19.0 Å². The van der Waals surface area contributed by atoms with Gasteiger partial charge in [0.05, 0.1) is 30.7 Å². The maximum absolute atomic E-state index is 11.6. The molecular formula is C23H23N5O2S. The van der Waals surface area contributed by atoms with Gasteiger partial charge in [-0.1, -0.05) is 36.4 Å². The topological polar surface area (TPSA) is 89.0 Å². The summed E-state index contributed by atoms with van der Waals surface area (Å²) in [6.45, 7) is 3.11. The molecule has 8 heteroatoms. The van der Waals surface area contributed by atoms with Crippen LogP contribution in [0.25, 0.3) is 21.3 Å². The molecule has 4 rings (SSSR count). The van der Waals surface area contributed by atoms with Gasteiger partial charge in [-0.3, -0.25) is 9.78 Å². The van der Waals surface area contributed by atoms with Gasteiger partial charge in [0.15, 0.2) is 0 Å². The van der Waals surface area contributed by atoms with Crippen LogP contribution >= 0.6 is 11.3 Å². The number of benzene rings is 1. The highest BCUT2D eigenvalue weighted by molar-refractivity contribution is 7.17. The van der Waals surface area contributed by atoms with Crippen LogP contribution in [-0.2, 0) is 16.1 Å². The predicted octanol–water partition coefficient (Wildman–Crippen LogP) is 4.73. The lowest BCUT2D eigenvalue weighted by Gasteiger charge is -2.11. The summed E-state index contributed by atoms with van der Waals surface area (Å²) in [5.41, 5.74) is 3.12. The van der Waals surface area contributed by atoms with Crippen molar-refractivity contribution in [3.8, 4) is 11.1 Å². The second kappa shape index (κ2) is 9.99. The number of thiophene rings is 1. The van der Waals surface area contributed by atoms with Crippen LogP contribution in [0.15, 0.2) is 60.1 Å². The number of hydrogen-bond donors (Lipinski definition) is 2. The summed E-state index contributed by atoms with van der Waals surface area (Å²) in [6, 6.07) is 16.0. The van der Waals surface area contributed by atoms with E-state index in [0.717, 1.165) is 32.9 Å². The van der Waals surface area contributed by atoms with Crippen molar-refractivity contribution in [3.63, 3.8) is 0 Å². The molecular weight excluding hydrogens is 410 g/mol. The van der Waals surface area contributed by atoms with Crippen LogP contribution < -0.4 is 10.6 Å². The lowest BCUT2D eigenvalue weighted by Crippen LogP contribution is -2.13. The first kappa shape index (κ1) is 20.7. The van der Waals surface area contributed by atoms with Crippen LogP contribution in [0.5, 0.6) is 0 Å². The number of nitrogens with one attached hydrogen (secondary N) is 2. The van der Waals surface area contributed by atoms with Crippen molar-refractivity contribution in [2.45, 2.75) is 19.9 Å². The second-order valence-electron chi connectivity index (χ2n) is 6.75. The average Bonchev–Trinajstić information content (AvgIpc) is 3.23. The number of carbonyl (C=O) groups is 1. The zero-order valence-corrected chi connectivity index (χ0v) is 18.0. The van der Waals surface area contributed by atoms with E-state index in [1.165, 1.54) is 0 Å². The molecule has 1 aromatic carbocycles. The SMILES string of the molecule is CCOC(=O)CCNc1nc(NCc2ccccn2)c2c(-c3ccccc3)csc2n1. The molecule has 31 heavy (non-hydrogen) atoms. The number of anilines is 2. The third-order valence-electron chi connectivity index (χ3n) is 4.60. The molecule has 0 amide bonds. The number of aromatic nitrogens is 3. The number of esters is 1. The van der Waals surface area contributed by atoms with Gasteiger partial charge in [-0.05, 0) is 24.6 Å². The lowest BCUT2D eigenvalue weighted by atomic mass is 10.1. The summed E-state index contributed by atoms with van der Waals surface area (Å²) in [4.78, 5) is 26.2. The highest BCUT2D eigenvalue weighted by Crippen LogP contribution is 2.37. The second-order valence-corrected chi connectivity index (χ2v) is 7.61. The molecule has 0 atom stereocenters.